The molecule has 0 radical (unpaired) electrons. The highest BCUT2D eigenvalue weighted by molar-refractivity contribution is 7.90. The number of rotatable bonds is 9. The van der Waals surface area contributed by atoms with Crippen molar-refractivity contribution in [3.05, 3.63) is 108 Å². The zero-order chi connectivity index (χ0) is 32.0. The van der Waals surface area contributed by atoms with Crippen LogP contribution in [0, 0.1) is 5.82 Å². The number of amides is 3. The van der Waals surface area contributed by atoms with Gasteiger partial charge in [-0.25, -0.2) is 22.6 Å². The monoisotopic (exact) mass is 631 g/mol. The second-order valence-electron chi connectivity index (χ2n) is 10.8. The van der Waals surface area contributed by atoms with Crippen molar-refractivity contribution in [3.63, 3.8) is 0 Å². The van der Waals surface area contributed by atoms with Gasteiger partial charge in [-0.05, 0) is 73.0 Å². The van der Waals surface area contributed by atoms with Gasteiger partial charge in [-0.15, -0.1) is 0 Å². The lowest BCUT2D eigenvalue weighted by atomic mass is 10.0. The smallest absolute Gasteiger partial charge is 0.326 e. The molecule has 0 unspecified atom stereocenters. The number of anilines is 2. The molecule has 1 saturated heterocycles. The Labute approximate surface area is 261 Å². The van der Waals surface area contributed by atoms with Crippen LogP contribution in [0.4, 0.5) is 20.6 Å². The topological polar surface area (TPSA) is 121 Å². The summed E-state index contributed by atoms with van der Waals surface area (Å²) < 4.78 is 43.3. The second kappa shape index (κ2) is 13.9. The van der Waals surface area contributed by atoms with Gasteiger partial charge in [-0.3, -0.25) is 14.6 Å². The Balaban J connectivity index is 1.20. The zero-order valence-corrected chi connectivity index (χ0v) is 25.8. The molecule has 3 aromatic carbocycles. The van der Waals surface area contributed by atoms with Gasteiger partial charge in [0.05, 0.1) is 10.5 Å². The summed E-state index contributed by atoms with van der Waals surface area (Å²) in [6.07, 6.45) is 4.37. The number of carbonyl (C=O) groups excluding carboxylic acids is 2. The number of hydrogen-bond acceptors (Lipinski definition) is 7. The molecule has 1 aliphatic heterocycles. The Morgan fingerprint density at radius 1 is 1.00 bits per heavy atom. The van der Waals surface area contributed by atoms with Crippen LogP contribution in [0.2, 0.25) is 0 Å². The predicted molar refractivity (Wildman–Crippen MR) is 170 cm³/mol. The molecule has 0 aliphatic carbocycles. The number of benzene rings is 3. The van der Waals surface area contributed by atoms with Crippen molar-refractivity contribution >= 4 is 33.2 Å². The van der Waals surface area contributed by atoms with Gasteiger partial charge in [0.1, 0.15) is 11.6 Å². The first-order chi connectivity index (χ1) is 21.6. The number of likely N-dealkylation sites (tertiary alicyclic amines) is 1. The second-order valence-corrected chi connectivity index (χ2v) is 12.8. The third-order valence-electron chi connectivity index (χ3n) is 7.54. The molecule has 234 valence electrons. The van der Waals surface area contributed by atoms with Gasteiger partial charge in [-0.1, -0.05) is 24.3 Å². The number of nitrogens with one attached hydrogen (secondary N) is 2. The number of sulfone groups is 1. The lowest BCUT2D eigenvalue weighted by Crippen LogP contribution is -2.49. The normalized spacial score (nSPS) is 14.0. The minimum absolute atomic E-state index is 0.0782. The molecule has 3 amide bonds. The molecule has 0 bridgehead atoms. The fourth-order valence-electron chi connectivity index (χ4n) is 5.21. The first-order valence-electron chi connectivity index (χ1n) is 14.4. The number of nitrogens with zero attached hydrogens (tertiary/aromatic N) is 3. The molecule has 0 spiro atoms. The summed E-state index contributed by atoms with van der Waals surface area (Å²) in [6.45, 7) is 2.19. The van der Waals surface area contributed by atoms with Crippen LogP contribution < -0.4 is 20.3 Å². The van der Waals surface area contributed by atoms with Gasteiger partial charge in [0.15, 0.2) is 9.84 Å². The summed E-state index contributed by atoms with van der Waals surface area (Å²) in [5, 5.41) is 5.26. The molecule has 2 N–H and O–H groups in total. The van der Waals surface area contributed by atoms with Crippen molar-refractivity contribution in [1.29, 1.82) is 0 Å². The maximum absolute atomic E-state index is 14.2. The number of urea groups is 1. The number of ether oxygens (including phenoxy) is 1. The summed E-state index contributed by atoms with van der Waals surface area (Å²) in [7, 11) is -1.86. The van der Waals surface area contributed by atoms with Crippen molar-refractivity contribution in [1.82, 2.24) is 15.2 Å². The molecule has 5 rings (SSSR count). The summed E-state index contributed by atoms with van der Waals surface area (Å²) in [5.41, 5.74) is 1.93. The van der Waals surface area contributed by atoms with E-state index in [0.717, 1.165) is 49.5 Å². The van der Waals surface area contributed by atoms with E-state index in [1.54, 1.807) is 29.3 Å². The highest BCUT2D eigenvalue weighted by atomic mass is 32.2. The Morgan fingerprint density at radius 3 is 2.33 bits per heavy atom. The van der Waals surface area contributed by atoms with Gasteiger partial charge in [0, 0.05) is 62.6 Å². The maximum Gasteiger partial charge on any atom is 0.326 e. The van der Waals surface area contributed by atoms with E-state index in [0.29, 0.717) is 23.9 Å². The van der Waals surface area contributed by atoms with Crippen molar-refractivity contribution in [3.8, 4) is 11.6 Å². The minimum atomic E-state index is -3.28. The average Bonchev–Trinajstić information content (AvgIpc) is 3.04. The van der Waals surface area contributed by atoms with E-state index in [9.17, 15) is 22.4 Å². The number of piperidine rings is 1. The Hall–Kier alpha value is -4.81. The van der Waals surface area contributed by atoms with E-state index in [2.05, 4.69) is 20.5 Å². The fraction of sp³-hybridized carbons (Fsp3) is 0.242. The van der Waals surface area contributed by atoms with E-state index in [1.165, 1.54) is 31.3 Å². The predicted octanol–water partition coefficient (Wildman–Crippen LogP) is 5.48. The summed E-state index contributed by atoms with van der Waals surface area (Å²) in [6, 6.07) is 22.8. The number of carbonyl (C=O) groups is 2. The molecule has 0 saturated carbocycles. The summed E-state index contributed by atoms with van der Waals surface area (Å²) in [5.74, 6) is -0.353. The fourth-order valence-corrected chi connectivity index (χ4v) is 5.84. The molecule has 1 aromatic heterocycles. The maximum atomic E-state index is 14.2. The first-order valence-corrected chi connectivity index (χ1v) is 16.3. The van der Waals surface area contributed by atoms with Crippen molar-refractivity contribution in [2.24, 2.45) is 0 Å². The molecule has 10 nitrogen and oxygen atoms in total. The third-order valence-corrected chi connectivity index (χ3v) is 8.67. The number of aromatic nitrogens is 1. The molecule has 45 heavy (non-hydrogen) atoms. The zero-order valence-electron chi connectivity index (χ0n) is 24.9. The largest absolute Gasteiger partial charge is 0.439 e. The Morgan fingerprint density at radius 2 is 1.71 bits per heavy atom. The van der Waals surface area contributed by atoms with Crippen LogP contribution in [0.1, 0.15) is 28.8 Å². The van der Waals surface area contributed by atoms with Gasteiger partial charge >= 0.3 is 6.03 Å². The molecule has 12 heteroatoms. The van der Waals surface area contributed by atoms with Crippen LogP contribution in [-0.2, 0) is 16.4 Å². The van der Waals surface area contributed by atoms with Crippen molar-refractivity contribution in [2.75, 3.05) is 36.6 Å². The van der Waals surface area contributed by atoms with Crippen molar-refractivity contribution < 1.29 is 27.1 Å². The standard InChI is InChI=1S/C33H34FN5O5S/c1-35-32(40)29-20-24(9-14-30(29)34)37-33(41)39(25-6-4-3-5-7-25)26-16-18-38(19-17-26)22-23-8-15-31(36-21-23)44-27-10-12-28(13-11-27)45(2,42)43/h3-15,20-21,26H,16-19,22H2,1-2H3,(H,35,40)(H,37,41). The van der Waals surface area contributed by atoms with E-state index in [-0.39, 0.29) is 22.5 Å². The number of pyridine rings is 1. The van der Waals surface area contributed by atoms with Gasteiger partial charge in [0.25, 0.3) is 5.91 Å². The Bertz CT molecular complexity index is 1740. The van der Waals surface area contributed by atoms with Crippen LogP contribution in [0.25, 0.3) is 0 Å². The summed E-state index contributed by atoms with van der Waals surface area (Å²) in [4.78, 5) is 34.3. The average molecular weight is 632 g/mol. The van der Waals surface area contributed by atoms with Crippen LogP contribution >= 0.6 is 0 Å². The van der Waals surface area contributed by atoms with Gasteiger partial charge < -0.3 is 15.4 Å². The third kappa shape index (κ3) is 8.02. The number of halogens is 1. The van der Waals surface area contributed by atoms with E-state index in [4.69, 9.17) is 4.74 Å². The molecule has 0 atom stereocenters. The van der Waals surface area contributed by atoms with Crippen LogP contribution in [0.15, 0.2) is 96.0 Å². The molecule has 4 aromatic rings. The lowest BCUT2D eigenvalue weighted by Gasteiger charge is -2.38. The first kappa shape index (κ1) is 31.6. The SMILES string of the molecule is CNC(=O)c1cc(NC(=O)N(c2ccccc2)C2CCN(Cc3ccc(Oc4ccc(S(C)(=O)=O)cc4)nc3)CC2)ccc1F. The lowest BCUT2D eigenvalue weighted by molar-refractivity contribution is 0.0959. The van der Waals surface area contributed by atoms with E-state index >= 15 is 0 Å². The minimum Gasteiger partial charge on any atom is -0.439 e. The van der Waals surface area contributed by atoms with E-state index < -0.39 is 21.6 Å². The highest BCUT2D eigenvalue weighted by Gasteiger charge is 2.29. The number of para-hydroxylation sites is 1. The van der Waals surface area contributed by atoms with Crippen LogP contribution in [0.3, 0.4) is 0 Å². The van der Waals surface area contributed by atoms with Crippen LogP contribution in [-0.4, -0.2) is 62.7 Å². The molecular weight excluding hydrogens is 597 g/mol. The summed E-state index contributed by atoms with van der Waals surface area (Å²) >= 11 is 0. The molecule has 2 heterocycles. The Kier molecular flexibility index (Phi) is 9.74. The molecule has 1 fully saturated rings. The quantitative estimate of drug-likeness (QED) is 0.251. The van der Waals surface area contributed by atoms with Crippen LogP contribution in [0.5, 0.6) is 11.6 Å². The van der Waals surface area contributed by atoms with E-state index in [1.807, 2.05) is 36.4 Å². The van der Waals surface area contributed by atoms with Gasteiger partial charge in [0.2, 0.25) is 5.88 Å². The highest BCUT2D eigenvalue weighted by Crippen LogP contribution is 2.27. The van der Waals surface area contributed by atoms with Gasteiger partial charge in [-0.2, -0.15) is 0 Å². The molecular formula is C33H34FN5O5S. The van der Waals surface area contributed by atoms with Crippen molar-refractivity contribution in [2.45, 2.75) is 30.3 Å². The number of hydrogen-bond donors (Lipinski definition) is 2. The molecule has 1 aliphatic rings.